The summed E-state index contributed by atoms with van der Waals surface area (Å²) in [4.78, 5) is 0. The zero-order valence-electron chi connectivity index (χ0n) is 9.37. The van der Waals surface area contributed by atoms with E-state index < -0.39 is 13.4 Å². The van der Waals surface area contributed by atoms with Crippen LogP contribution in [0.15, 0.2) is 30.5 Å². The van der Waals surface area contributed by atoms with Crippen LogP contribution in [0.3, 0.4) is 0 Å². The van der Waals surface area contributed by atoms with E-state index in [1.54, 1.807) is 24.3 Å². The fourth-order valence-electron chi connectivity index (χ4n) is 1.86. The first-order chi connectivity index (χ1) is 8.01. The Labute approximate surface area is 97.0 Å². The van der Waals surface area contributed by atoms with Crippen molar-refractivity contribution in [1.29, 1.82) is 0 Å². The van der Waals surface area contributed by atoms with Crippen molar-refractivity contribution in [1.82, 2.24) is 4.57 Å². The summed E-state index contributed by atoms with van der Waals surface area (Å²) in [5.74, 6) is 0.624. The van der Waals surface area contributed by atoms with Gasteiger partial charge in [0.15, 0.2) is 0 Å². The minimum absolute atomic E-state index is 0.494. The Bertz CT molecular complexity index is 521. The average molecular weight is 242 g/mol. The van der Waals surface area contributed by atoms with Gasteiger partial charge in [-0.25, -0.2) is 0 Å². The monoisotopic (exact) mass is 242 g/mol. The number of fused-ring (bicyclic) bond motifs is 1. The first-order valence-corrected chi connectivity index (χ1v) is 5.43. The molecule has 0 fully saturated rings. The van der Waals surface area contributed by atoms with Gasteiger partial charge in [0, 0.05) is 17.1 Å². The van der Waals surface area contributed by atoms with Crippen LogP contribution >= 0.6 is 0 Å². The highest BCUT2D eigenvalue weighted by atomic mass is 19.4. The number of ether oxygens (including phenoxy) is 1. The molecule has 0 bridgehead atoms. The highest BCUT2D eigenvalue weighted by molar-refractivity contribution is 6.57. The van der Waals surface area contributed by atoms with Crippen LogP contribution in [0.25, 0.3) is 10.9 Å². The van der Waals surface area contributed by atoms with Crippen molar-refractivity contribution < 1.29 is 17.7 Å². The fraction of sp³-hybridized carbons (Fsp3) is 0.273. The molecule has 92 valence electrons. The van der Waals surface area contributed by atoms with E-state index in [9.17, 15) is 12.9 Å². The Morgan fingerprint density at radius 2 is 2.00 bits per heavy atom. The Hall–Kier alpha value is -1.59. The zero-order valence-corrected chi connectivity index (χ0v) is 9.37. The number of nitrogens with zero attached hydrogens (tertiary/aromatic N) is 1. The van der Waals surface area contributed by atoms with Crippen molar-refractivity contribution in [2.45, 2.75) is 13.4 Å². The van der Waals surface area contributed by atoms with Crippen molar-refractivity contribution in [3.8, 4) is 5.75 Å². The molecule has 2 rings (SSSR count). The van der Waals surface area contributed by atoms with Gasteiger partial charge in [-0.1, -0.05) is 6.07 Å². The molecule has 1 aromatic carbocycles. The van der Waals surface area contributed by atoms with E-state index in [0.717, 1.165) is 5.39 Å². The van der Waals surface area contributed by atoms with Gasteiger partial charge in [0.1, 0.15) is 5.75 Å². The number of rotatable bonds is 4. The van der Waals surface area contributed by atoms with Crippen LogP contribution in [0.4, 0.5) is 12.9 Å². The summed E-state index contributed by atoms with van der Waals surface area (Å²) in [6, 6.07) is 6.78. The second-order valence-electron chi connectivity index (χ2n) is 3.80. The van der Waals surface area contributed by atoms with Gasteiger partial charge < -0.3 is 22.3 Å². The molecular formula is C11H12BF3NO-. The first kappa shape index (κ1) is 11.9. The molecule has 0 saturated carbocycles. The second-order valence-corrected chi connectivity index (χ2v) is 3.80. The highest BCUT2D eigenvalue weighted by Crippen LogP contribution is 2.27. The van der Waals surface area contributed by atoms with Crippen molar-refractivity contribution >= 4 is 17.9 Å². The Morgan fingerprint density at radius 3 is 2.65 bits per heavy atom. The number of aromatic nitrogens is 1. The summed E-state index contributed by atoms with van der Waals surface area (Å²) in [5.41, 5.74) is 0.551. The topological polar surface area (TPSA) is 14.2 Å². The third kappa shape index (κ3) is 2.57. The molecule has 0 radical (unpaired) electrons. The van der Waals surface area contributed by atoms with Crippen LogP contribution in [0.2, 0.25) is 0 Å². The fourth-order valence-corrected chi connectivity index (χ4v) is 1.86. The van der Waals surface area contributed by atoms with Gasteiger partial charge in [-0.15, -0.1) is 0 Å². The summed E-state index contributed by atoms with van der Waals surface area (Å²) >= 11 is 0. The van der Waals surface area contributed by atoms with Gasteiger partial charge in [0.05, 0.1) is 6.61 Å². The van der Waals surface area contributed by atoms with E-state index in [0.29, 0.717) is 17.9 Å². The molecule has 2 aromatic rings. The van der Waals surface area contributed by atoms with E-state index in [4.69, 9.17) is 4.74 Å². The van der Waals surface area contributed by atoms with Gasteiger partial charge in [0.25, 0.3) is 0 Å². The molecule has 0 saturated heterocycles. The van der Waals surface area contributed by atoms with E-state index >= 15 is 0 Å². The quantitative estimate of drug-likeness (QED) is 0.749. The molecule has 0 spiro atoms. The minimum Gasteiger partial charge on any atom is -0.493 e. The lowest BCUT2D eigenvalue weighted by molar-refractivity contribution is 0.344. The molecule has 0 aliphatic heterocycles. The third-order valence-electron chi connectivity index (χ3n) is 2.48. The lowest BCUT2D eigenvalue weighted by Crippen LogP contribution is -2.23. The molecule has 6 heteroatoms. The minimum atomic E-state index is -4.83. The van der Waals surface area contributed by atoms with E-state index in [-0.39, 0.29) is 0 Å². The summed E-state index contributed by atoms with van der Waals surface area (Å²) in [7, 11) is 0. The molecule has 1 aromatic heterocycles. The molecular weight excluding hydrogens is 230 g/mol. The SMILES string of the molecule is CCOc1cccc2c1ccn2C[B-](F)(F)F. The lowest BCUT2D eigenvalue weighted by atomic mass is 9.92. The second kappa shape index (κ2) is 4.35. The summed E-state index contributed by atoms with van der Waals surface area (Å²) in [5, 5.41) is 0.717. The smallest absolute Gasteiger partial charge is 0.493 e. The number of benzene rings is 1. The van der Waals surface area contributed by atoms with Crippen LogP contribution < -0.4 is 4.74 Å². The maximum Gasteiger partial charge on any atom is 0.497 e. The van der Waals surface area contributed by atoms with Crippen LogP contribution in [-0.4, -0.2) is 18.2 Å². The first-order valence-electron chi connectivity index (χ1n) is 5.43. The predicted molar refractivity (Wildman–Crippen MR) is 62.2 cm³/mol. The standard InChI is InChI=1S/C11H12BF3NO/c1-2-17-11-5-3-4-10-9(11)6-7-16(10)8-12(13,14)15/h3-7H,2,8H2,1H3/q-1. The van der Waals surface area contributed by atoms with Gasteiger partial charge >= 0.3 is 6.98 Å². The summed E-state index contributed by atoms with van der Waals surface area (Å²) in [6.07, 6.45) is 0.529. The molecule has 1 heterocycles. The average Bonchev–Trinajstić information content (AvgIpc) is 2.61. The zero-order chi connectivity index (χ0) is 12.5. The van der Waals surface area contributed by atoms with E-state index in [1.807, 2.05) is 6.92 Å². The van der Waals surface area contributed by atoms with Crippen LogP contribution in [-0.2, 0) is 6.44 Å². The van der Waals surface area contributed by atoms with E-state index in [2.05, 4.69) is 0 Å². The third-order valence-corrected chi connectivity index (χ3v) is 2.48. The maximum absolute atomic E-state index is 12.4. The van der Waals surface area contributed by atoms with Gasteiger partial charge in [-0.05, 0) is 31.6 Å². The Balaban J connectivity index is 2.44. The van der Waals surface area contributed by atoms with Crippen LogP contribution in [0.5, 0.6) is 5.75 Å². The molecule has 17 heavy (non-hydrogen) atoms. The highest BCUT2D eigenvalue weighted by Gasteiger charge is 2.24. The molecule has 0 amide bonds. The number of hydrogen-bond acceptors (Lipinski definition) is 1. The molecule has 0 aliphatic carbocycles. The van der Waals surface area contributed by atoms with Crippen molar-refractivity contribution in [2.75, 3.05) is 6.61 Å². The summed E-state index contributed by atoms with van der Waals surface area (Å²) < 4.78 is 43.8. The van der Waals surface area contributed by atoms with Crippen LogP contribution in [0, 0.1) is 0 Å². The van der Waals surface area contributed by atoms with Gasteiger partial charge in [-0.2, -0.15) is 0 Å². The lowest BCUT2D eigenvalue weighted by Gasteiger charge is -2.15. The predicted octanol–water partition coefficient (Wildman–Crippen LogP) is 3.43. The van der Waals surface area contributed by atoms with E-state index in [1.165, 1.54) is 10.8 Å². The Morgan fingerprint density at radius 1 is 1.24 bits per heavy atom. The van der Waals surface area contributed by atoms with Gasteiger partial charge in [-0.3, -0.25) is 0 Å². The maximum atomic E-state index is 12.4. The van der Waals surface area contributed by atoms with Crippen molar-refractivity contribution in [2.24, 2.45) is 0 Å². The number of halogens is 3. The largest absolute Gasteiger partial charge is 0.497 e. The summed E-state index contributed by atoms with van der Waals surface area (Å²) in [6.45, 7) is -2.50. The normalized spacial score (nSPS) is 12.0. The molecule has 2 nitrogen and oxygen atoms in total. The molecule has 0 atom stereocenters. The van der Waals surface area contributed by atoms with Crippen LogP contribution in [0.1, 0.15) is 6.92 Å². The van der Waals surface area contributed by atoms with Gasteiger partial charge in [0.2, 0.25) is 0 Å². The molecule has 0 N–H and O–H groups in total. The molecule has 0 unspecified atom stereocenters. The Kier molecular flexibility index (Phi) is 3.04. The van der Waals surface area contributed by atoms with Crippen molar-refractivity contribution in [3.63, 3.8) is 0 Å². The number of hydrogen-bond donors (Lipinski definition) is 0. The van der Waals surface area contributed by atoms with Crippen molar-refractivity contribution in [3.05, 3.63) is 30.5 Å². The molecule has 0 aliphatic rings.